The van der Waals surface area contributed by atoms with Crippen LogP contribution in [0.1, 0.15) is 5.69 Å². The fourth-order valence-electron chi connectivity index (χ4n) is 3.32. The summed E-state index contributed by atoms with van der Waals surface area (Å²) in [5.74, 6) is 0.190. The first-order valence-corrected chi connectivity index (χ1v) is 12.6. The molecule has 0 unspecified atom stereocenters. The summed E-state index contributed by atoms with van der Waals surface area (Å²) in [7, 11) is 0. The van der Waals surface area contributed by atoms with Gasteiger partial charge in [0.25, 0.3) is 0 Å². The van der Waals surface area contributed by atoms with Crippen LogP contribution in [0.3, 0.4) is 0 Å². The van der Waals surface area contributed by atoms with Crippen molar-refractivity contribution in [2.24, 2.45) is 0 Å². The van der Waals surface area contributed by atoms with Gasteiger partial charge in [-0.25, -0.2) is 4.98 Å². The van der Waals surface area contributed by atoms with E-state index in [-0.39, 0.29) is 11.7 Å². The summed E-state index contributed by atoms with van der Waals surface area (Å²) in [5.41, 5.74) is 2.56. The number of aromatic nitrogens is 3. The van der Waals surface area contributed by atoms with Gasteiger partial charge in [0.05, 0.1) is 21.2 Å². The maximum Gasteiger partial charge on any atom is 0.234 e. The van der Waals surface area contributed by atoms with Gasteiger partial charge in [0.15, 0.2) is 0 Å². The zero-order valence-electron chi connectivity index (χ0n) is 17.1. The van der Waals surface area contributed by atoms with E-state index in [0.717, 1.165) is 42.6 Å². The number of carbonyl (C=O) groups excluding carboxylic acids is 1. The quantitative estimate of drug-likeness (QED) is 0.284. The van der Waals surface area contributed by atoms with Crippen molar-refractivity contribution in [1.29, 1.82) is 0 Å². The Labute approximate surface area is 197 Å². The number of hydrogen-bond donors (Lipinski definition) is 1. The Morgan fingerprint density at radius 3 is 2.69 bits per heavy atom. The van der Waals surface area contributed by atoms with Crippen LogP contribution in [0.15, 0.2) is 77.1 Å². The first-order valence-electron chi connectivity index (χ1n) is 9.93. The number of thioether (sulfide) groups is 1. The highest BCUT2D eigenvalue weighted by Gasteiger charge is 2.14. The smallest absolute Gasteiger partial charge is 0.234 e. The van der Waals surface area contributed by atoms with Gasteiger partial charge in [-0.15, -0.1) is 32.9 Å². The Balaban J connectivity index is 1.24. The zero-order chi connectivity index (χ0) is 21.9. The van der Waals surface area contributed by atoms with Crippen LogP contribution in [-0.4, -0.2) is 26.8 Å². The van der Waals surface area contributed by atoms with Crippen LogP contribution in [0.4, 0.5) is 5.69 Å². The molecule has 0 aliphatic heterocycles. The molecule has 1 N–H and O–H groups in total. The highest BCUT2D eigenvalue weighted by Crippen LogP contribution is 2.36. The second kappa shape index (κ2) is 9.20. The number of nitrogens with one attached hydrogen (secondary N) is 1. The molecule has 32 heavy (non-hydrogen) atoms. The van der Waals surface area contributed by atoms with Crippen molar-refractivity contribution >= 4 is 56.8 Å². The largest absolute Gasteiger partial charge is 0.325 e. The van der Waals surface area contributed by atoms with E-state index in [1.54, 1.807) is 22.7 Å². The minimum Gasteiger partial charge on any atom is -0.325 e. The van der Waals surface area contributed by atoms with E-state index in [9.17, 15) is 4.79 Å². The molecule has 0 saturated heterocycles. The molecule has 3 heterocycles. The van der Waals surface area contributed by atoms with Crippen LogP contribution in [0, 0.1) is 6.92 Å². The summed E-state index contributed by atoms with van der Waals surface area (Å²) >= 11 is 4.67. The minimum atomic E-state index is -0.0730. The van der Waals surface area contributed by atoms with E-state index < -0.39 is 0 Å². The minimum absolute atomic E-state index is 0.0730. The van der Waals surface area contributed by atoms with Crippen molar-refractivity contribution in [3.05, 3.63) is 77.8 Å². The average Bonchev–Trinajstić information content (AvgIpc) is 3.48. The summed E-state index contributed by atoms with van der Waals surface area (Å²) in [6.07, 6.45) is 0. The molecule has 8 heteroatoms. The fraction of sp³-hybridized carbons (Fsp3) is 0.0833. The van der Waals surface area contributed by atoms with Crippen LogP contribution in [0.25, 0.3) is 31.2 Å². The Morgan fingerprint density at radius 1 is 1.00 bits per heavy atom. The third-order valence-electron chi connectivity index (χ3n) is 4.82. The van der Waals surface area contributed by atoms with Gasteiger partial charge < -0.3 is 5.32 Å². The van der Waals surface area contributed by atoms with Crippen molar-refractivity contribution < 1.29 is 4.79 Å². The molecule has 158 valence electrons. The summed E-state index contributed by atoms with van der Waals surface area (Å²) in [4.78, 5) is 19.3. The highest BCUT2D eigenvalue weighted by atomic mass is 32.2. The normalized spacial score (nSPS) is 11.0. The Morgan fingerprint density at radius 2 is 1.88 bits per heavy atom. The van der Waals surface area contributed by atoms with Crippen molar-refractivity contribution in [3.8, 4) is 20.5 Å². The number of fused-ring (bicyclic) bond motifs is 1. The lowest BCUT2D eigenvalue weighted by Gasteiger charge is -2.08. The Bertz CT molecular complexity index is 1370. The van der Waals surface area contributed by atoms with E-state index in [4.69, 9.17) is 0 Å². The molecule has 0 spiro atoms. The van der Waals surface area contributed by atoms with E-state index in [0.29, 0.717) is 5.03 Å². The van der Waals surface area contributed by atoms with Crippen molar-refractivity contribution in [3.63, 3.8) is 0 Å². The van der Waals surface area contributed by atoms with Crippen LogP contribution >= 0.6 is 34.4 Å². The summed E-state index contributed by atoms with van der Waals surface area (Å²) in [5, 5.41) is 17.6. The number of aryl methyl sites for hydroxylation is 1. The molecule has 0 fully saturated rings. The monoisotopic (exact) mass is 474 g/mol. The van der Waals surface area contributed by atoms with E-state index in [1.165, 1.54) is 11.8 Å². The third-order valence-corrected chi connectivity index (χ3v) is 7.96. The molecule has 0 radical (unpaired) electrons. The topological polar surface area (TPSA) is 67.8 Å². The lowest BCUT2D eigenvalue weighted by atomic mass is 10.1. The Kier molecular flexibility index (Phi) is 5.98. The van der Waals surface area contributed by atoms with Crippen molar-refractivity contribution in [1.82, 2.24) is 15.2 Å². The first-order chi connectivity index (χ1) is 15.7. The molecular weight excluding hydrogens is 456 g/mol. The number of benzene rings is 2. The molecule has 0 aliphatic carbocycles. The van der Waals surface area contributed by atoms with E-state index in [2.05, 4.69) is 26.6 Å². The molecule has 0 bridgehead atoms. The van der Waals surface area contributed by atoms with Gasteiger partial charge >= 0.3 is 0 Å². The maximum atomic E-state index is 12.5. The maximum absolute atomic E-state index is 12.5. The van der Waals surface area contributed by atoms with E-state index in [1.807, 2.05) is 73.0 Å². The van der Waals surface area contributed by atoms with Crippen LogP contribution in [0.5, 0.6) is 0 Å². The van der Waals surface area contributed by atoms with Gasteiger partial charge in [-0.3, -0.25) is 4.79 Å². The number of amides is 1. The molecule has 1 amide bonds. The van der Waals surface area contributed by atoms with Gasteiger partial charge in [-0.1, -0.05) is 54.2 Å². The van der Waals surface area contributed by atoms with Gasteiger partial charge in [0.2, 0.25) is 5.91 Å². The van der Waals surface area contributed by atoms with Gasteiger partial charge in [0.1, 0.15) is 15.7 Å². The van der Waals surface area contributed by atoms with Gasteiger partial charge in [0, 0.05) is 11.1 Å². The molecule has 2 aromatic carbocycles. The van der Waals surface area contributed by atoms with E-state index >= 15 is 0 Å². The molecule has 0 aliphatic rings. The number of nitrogens with zero attached hydrogens (tertiary/aromatic N) is 3. The molecule has 5 aromatic rings. The number of hydrogen-bond acceptors (Lipinski definition) is 7. The SMILES string of the molecule is Cc1nc(-c2cccs2)sc1-c1ccc(SCC(=O)Nc2cccc3ccccc23)nn1. The van der Waals surface area contributed by atoms with Gasteiger partial charge in [-0.2, -0.15) is 0 Å². The van der Waals surface area contributed by atoms with Crippen LogP contribution in [0.2, 0.25) is 0 Å². The van der Waals surface area contributed by atoms with Crippen molar-refractivity contribution in [2.75, 3.05) is 11.1 Å². The molecule has 3 aromatic heterocycles. The van der Waals surface area contributed by atoms with Crippen LogP contribution < -0.4 is 5.32 Å². The molecule has 5 rings (SSSR count). The highest BCUT2D eigenvalue weighted by molar-refractivity contribution is 7.99. The first kappa shape index (κ1) is 20.8. The van der Waals surface area contributed by atoms with Gasteiger partial charge in [-0.05, 0) is 42.0 Å². The predicted molar refractivity (Wildman–Crippen MR) is 134 cm³/mol. The number of thiophene rings is 1. The zero-order valence-corrected chi connectivity index (χ0v) is 19.6. The van der Waals surface area contributed by atoms with Crippen LogP contribution in [-0.2, 0) is 4.79 Å². The lowest BCUT2D eigenvalue weighted by molar-refractivity contribution is -0.113. The summed E-state index contributed by atoms with van der Waals surface area (Å²) in [6, 6.07) is 21.8. The second-order valence-electron chi connectivity index (χ2n) is 7.03. The standard InChI is InChI=1S/C24H18N4OS3/c1-15-23(32-24(25-15)20-10-5-13-30-20)19-11-12-22(28-27-19)31-14-21(29)26-18-9-4-7-16-6-2-3-8-17(16)18/h2-13H,14H2,1H3,(H,26,29). The fourth-order valence-corrected chi connectivity index (χ4v) is 5.76. The molecule has 5 nitrogen and oxygen atoms in total. The Hall–Kier alpha value is -3.07. The lowest BCUT2D eigenvalue weighted by Crippen LogP contribution is -2.14. The second-order valence-corrected chi connectivity index (χ2v) is 9.97. The number of rotatable bonds is 6. The summed E-state index contributed by atoms with van der Waals surface area (Å²) < 4.78 is 0. The van der Waals surface area contributed by atoms with Crippen molar-refractivity contribution in [2.45, 2.75) is 11.9 Å². The molecule has 0 saturated carbocycles. The molecular formula is C24H18N4OS3. The third kappa shape index (κ3) is 4.43. The predicted octanol–water partition coefficient (Wildman–Crippen LogP) is 6.52. The molecule has 0 atom stereocenters. The summed E-state index contributed by atoms with van der Waals surface area (Å²) in [6.45, 7) is 1.99. The number of anilines is 1. The number of thiazole rings is 1. The average molecular weight is 475 g/mol. The number of carbonyl (C=O) groups is 1.